The molecule has 0 saturated carbocycles. The Morgan fingerprint density at radius 2 is 2.30 bits per heavy atom. The van der Waals surface area contributed by atoms with Gasteiger partial charge in [0.1, 0.15) is 6.54 Å². The number of aromatic nitrogens is 4. The third kappa shape index (κ3) is 2.90. The van der Waals surface area contributed by atoms with Crippen LogP contribution in [0.1, 0.15) is 17.0 Å². The van der Waals surface area contributed by atoms with Gasteiger partial charge in [0.05, 0.1) is 17.5 Å². The van der Waals surface area contributed by atoms with Gasteiger partial charge < -0.3 is 0 Å². The largest absolute Gasteiger partial charge is 0.271 e. The van der Waals surface area contributed by atoms with E-state index >= 15 is 0 Å². The summed E-state index contributed by atoms with van der Waals surface area (Å²) in [5.74, 6) is -0.835. The van der Waals surface area contributed by atoms with E-state index in [1.165, 1.54) is 13.3 Å². The highest BCUT2D eigenvalue weighted by Crippen LogP contribution is 2.07. The summed E-state index contributed by atoms with van der Waals surface area (Å²) in [6.45, 7) is 3.57. The van der Waals surface area contributed by atoms with Gasteiger partial charge in [0.15, 0.2) is 0 Å². The fraction of sp³-hybridized carbons (Fsp3) is 0.333. The molecule has 0 spiro atoms. The molecule has 2 aromatic rings. The Labute approximate surface area is 115 Å². The second-order valence-corrected chi connectivity index (χ2v) is 4.34. The van der Waals surface area contributed by atoms with Crippen molar-refractivity contribution in [2.75, 3.05) is 0 Å². The van der Waals surface area contributed by atoms with Crippen LogP contribution in [0.3, 0.4) is 0 Å². The van der Waals surface area contributed by atoms with Crippen LogP contribution >= 0.6 is 0 Å². The SMILES string of the molecule is Cc1nn(C)c(F)c1/C=N\NC(=O)Cn1nccc1C. The molecular formula is C12H15FN6O. The molecule has 2 rings (SSSR count). The zero-order valence-electron chi connectivity index (χ0n) is 11.5. The van der Waals surface area contributed by atoms with Crippen molar-refractivity contribution in [1.29, 1.82) is 0 Å². The van der Waals surface area contributed by atoms with E-state index in [9.17, 15) is 9.18 Å². The number of nitrogens with one attached hydrogen (secondary N) is 1. The number of halogens is 1. The van der Waals surface area contributed by atoms with Gasteiger partial charge in [0.25, 0.3) is 5.91 Å². The molecule has 0 unspecified atom stereocenters. The zero-order chi connectivity index (χ0) is 14.7. The molecule has 0 aliphatic carbocycles. The van der Waals surface area contributed by atoms with Crippen LogP contribution in [0, 0.1) is 19.8 Å². The maximum absolute atomic E-state index is 13.6. The Morgan fingerprint density at radius 3 is 2.85 bits per heavy atom. The molecule has 0 aliphatic rings. The molecule has 0 atom stereocenters. The predicted molar refractivity (Wildman–Crippen MR) is 70.6 cm³/mol. The monoisotopic (exact) mass is 278 g/mol. The van der Waals surface area contributed by atoms with E-state index < -0.39 is 5.95 Å². The van der Waals surface area contributed by atoms with Crippen LogP contribution in [0.25, 0.3) is 0 Å². The number of carbonyl (C=O) groups excluding carboxylic acids is 1. The average Bonchev–Trinajstić information content (AvgIpc) is 2.88. The van der Waals surface area contributed by atoms with Gasteiger partial charge in [-0.2, -0.15) is 19.7 Å². The lowest BCUT2D eigenvalue weighted by Crippen LogP contribution is -2.24. The van der Waals surface area contributed by atoms with Crippen LogP contribution in [-0.2, 0) is 18.4 Å². The van der Waals surface area contributed by atoms with Crippen LogP contribution in [0.4, 0.5) is 4.39 Å². The van der Waals surface area contributed by atoms with Crippen molar-refractivity contribution in [3.63, 3.8) is 0 Å². The molecule has 1 N–H and O–H groups in total. The molecule has 0 aliphatic heterocycles. The molecule has 8 heteroatoms. The van der Waals surface area contributed by atoms with E-state index in [0.29, 0.717) is 5.69 Å². The van der Waals surface area contributed by atoms with Crippen LogP contribution in [0.15, 0.2) is 17.4 Å². The van der Waals surface area contributed by atoms with E-state index in [1.54, 1.807) is 23.9 Å². The molecule has 1 amide bonds. The molecule has 7 nitrogen and oxygen atoms in total. The lowest BCUT2D eigenvalue weighted by Gasteiger charge is -2.02. The number of carbonyl (C=O) groups is 1. The standard InChI is InChI=1S/C12H15FN6O/c1-8-4-5-15-19(8)7-11(20)16-14-6-10-9(2)17-18(3)12(10)13/h4-6H,7H2,1-3H3,(H,16,20)/b14-6-. The summed E-state index contributed by atoms with van der Waals surface area (Å²) < 4.78 is 16.2. The molecule has 2 heterocycles. The number of hydrogen-bond acceptors (Lipinski definition) is 4. The first-order valence-electron chi connectivity index (χ1n) is 5.98. The third-order valence-corrected chi connectivity index (χ3v) is 2.80. The van der Waals surface area contributed by atoms with Gasteiger partial charge in [0.2, 0.25) is 5.95 Å². The molecular weight excluding hydrogens is 263 g/mol. The number of hydrogen-bond donors (Lipinski definition) is 1. The van der Waals surface area contributed by atoms with Gasteiger partial charge in [0, 0.05) is 18.9 Å². The van der Waals surface area contributed by atoms with Gasteiger partial charge in [-0.05, 0) is 19.9 Å². The quantitative estimate of drug-likeness (QED) is 0.654. The predicted octanol–water partition coefficient (Wildman–Crippen LogP) is 0.523. The fourth-order valence-electron chi connectivity index (χ4n) is 1.70. The molecule has 0 fully saturated rings. The summed E-state index contributed by atoms with van der Waals surface area (Å²) in [5.41, 5.74) is 3.96. The van der Waals surface area contributed by atoms with Gasteiger partial charge in [-0.3, -0.25) is 9.48 Å². The molecule has 2 aromatic heterocycles. The van der Waals surface area contributed by atoms with E-state index in [0.717, 1.165) is 10.4 Å². The zero-order valence-corrected chi connectivity index (χ0v) is 11.5. The average molecular weight is 278 g/mol. The smallest absolute Gasteiger partial charge is 0.261 e. The maximum atomic E-state index is 13.6. The number of nitrogens with zero attached hydrogens (tertiary/aromatic N) is 5. The molecule has 0 saturated heterocycles. The Hall–Kier alpha value is -2.51. The van der Waals surface area contributed by atoms with Crippen LogP contribution in [-0.4, -0.2) is 31.7 Å². The highest BCUT2D eigenvalue weighted by atomic mass is 19.1. The third-order valence-electron chi connectivity index (χ3n) is 2.80. The summed E-state index contributed by atoms with van der Waals surface area (Å²) >= 11 is 0. The van der Waals surface area contributed by atoms with Gasteiger partial charge in [-0.25, -0.2) is 10.1 Å². The van der Waals surface area contributed by atoms with Crippen LogP contribution in [0.5, 0.6) is 0 Å². The molecule has 0 radical (unpaired) electrons. The van der Waals surface area contributed by atoms with Crippen molar-refractivity contribution < 1.29 is 9.18 Å². The summed E-state index contributed by atoms with van der Waals surface area (Å²) in [6.07, 6.45) is 2.85. The molecule has 20 heavy (non-hydrogen) atoms. The van der Waals surface area contributed by atoms with E-state index in [2.05, 4.69) is 20.7 Å². The number of amides is 1. The van der Waals surface area contributed by atoms with Gasteiger partial charge in [-0.15, -0.1) is 0 Å². The second-order valence-electron chi connectivity index (χ2n) is 4.34. The summed E-state index contributed by atoms with van der Waals surface area (Å²) in [4.78, 5) is 11.6. The minimum atomic E-state index is -0.497. The van der Waals surface area contributed by atoms with E-state index in [-0.39, 0.29) is 18.0 Å². The minimum absolute atomic E-state index is 0.0602. The molecule has 106 valence electrons. The van der Waals surface area contributed by atoms with E-state index in [1.807, 2.05) is 6.92 Å². The van der Waals surface area contributed by atoms with Crippen LogP contribution < -0.4 is 5.43 Å². The summed E-state index contributed by atoms with van der Waals surface area (Å²) in [7, 11) is 1.50. The van der Waals surface area contributed by atoms with E-state index in [4.69, 9.17) is 0 Å². The number of rotatable bonds is 4. The number of hydrazone groups is 1. The number of aryl methyl sites for hydroxylation is 3. The summed E-state index contributed by atoms with van der Waals surface area (Å²) in [6, 6.07) is 1.80. The molecule has 0 bridgehead atoms. The van der Waals surface area contributed by atoms with Gasteiger partial charge in [-0.1, -0.05) is 0 Å². The van der Waals surface area contributed by atoms with Gasteiger partial charge >= 0.3 is 0 Å². The van der Waals surface area contributed by atoms with Crippen molar-refractivity contribution in [2.24, 2.45) is 12.1 Å². The first-order chi connectivity index (χ1) is 9.49. The Kier molecular flexibility index (Phi) is 3.92. The topological polar surface area (TPSA) is 77.1 Å². The Balaban J connectivity index is 1.96. The van der Waals surface area contributed by atoms with Crippen molar-refractivity contribution in [2.45, 2.75) is 20.4 Å². The summed E-state index contributed by atoms with van der Waals surface area (Å²) in [5, 5.41) is 11.6. The first-order valence-corrected chi connectivity index (χ1v) is 5.98. The fourth-order valence-corrected chi connectivity index (χ4v) is 1.70. The normalized spacial score (nSPS) is 11.2. The lowest BCUT2D eigenvalue weighted by atomic mass is 10.3. The first kappa shape index (κ1) is 13.9. The van der Waals surface area contributed by atoms with Crippen molar-refractivity contribution >= 4 is 12.1 Å². The lowest BCUT2D eigenvalue weighted by molar-refractivity contribution is -0.121. The van der Waals surface area contributed by atoms with Crippen molar-refractivity contribution in [1.82, 2.24) is 25.0 Å². The van der Waals surface area contributed by atoms with Crippen molar-refractivity contribution in [3.05, 3.63) is 35.2 Å². The van der Waals surface area contributed by atoms with Crippen LogP contribution in [0.2, 0.25) is 0 Å². The highest BCUT2D eigenvalue weighted by Gasteiger charge is 2.10. The second kappa shape index (κ2) is 5.64. The highest BCUT2D eigenvalue weighted by molar-refractivity contribution is 5.83. The van der Waals surface area contributed by atoms with Crippen molar-refractivity contribution in [3.8, 4) is 0 Å². The molecule has 0 aromatic carbocycles. The maximum Gasteiger partial charge on any atom is 0.261 e. The minimum Gasteiger partial charge on any atom is -0.271 e. The Morgan fingerprint density at radius 1 is 1.55 bits per heavy atom. The Bertz CT molecular complexity index is 657.